The van der Waals surface area contributed by atoms with Gasteiger partial charge in [-0.05, 0) is 13.0 Å². The Kier molecular flexibility index (Phi) is 3.06. The average molecular weight is 253 g/mol. The second kappa shape index (κ2) is 4.50. The summed E-state index contributed by atoms with van der Waals surface area (Å²) in [4.78, 5) is 33.5. The molecule has 0 aliphatic carbocycles. The number of hydrogen-bond donors (Lipinski definition) is 1. The van der Waals surface area contributed by atoms with Gasteiger partial charge in [0.2, 0.25) is 0 Å². The zero-order valence-electron chi connectivity index (χ0n) is 8.98. The van der Waals surface area contributed by atoms with Crippen molar-refractivity contribution in [2.75, 3.05) is 0 Å². The number of nitrogens with one attached hydrogen (secondary N) is 1. The lowest BCUT2D eigenvalue weighted by molar-refractivity contribution is 0.680. The fourth-order valence-corrected chi connectivity index (χ4v) is 1.57. The molecule has 0 radical (unpaired) electrons. The molecule has 0 amide bonds. The molecular weight excluding hydrogens is 244 g/mol. The van der Waals surface area contributed by atoms with Crippen LogP contribution in [0.5, 0.6) is 0 Å². The third kappa shape index (κ3) is 2.59. The molecule has 7 heteroatoms. The highest BCUT2D eigenvalue weighted by Gasteiger charge is 2.05. The molecule has 2 heterocycles. The van der Waals surface area contributed by atoms with Gasteiger partial charge in [-0.1, -0.05) is 11.6 Å². The number of aromatic amines is 1. The fourth-order valence-electron chi connectivity index (χ4n) is 1.40. The highest BCUT2D eigenvalue weighted by molar-refractivity contribution is 6.29. The molecule has 0 aliphatic heterocycles. The number of aromatic nitrogens is 4. The summed E-state index contributed by atoms with van der Waals surface area (Å²) in [6, 6.07) is 2.80. The van der Waals surface area contributed by atoms with Gasteiger partial charge in [-0.3, -0.25) is 14.3 Å². The number of halogens is 1. The van der Waals surface area contributed by atoms with Gasteiger partial charge < -0.3 is 0 Å². The van der Waals surface area contributed by atoms with Crippen LogP contribution in [-0.4, -0.2) is 19.5 Å². The SMILES string of the molecule is Cc1nccc(Cn2c(=O)cc(Cl)[nH]c2=O)n1. The number of aryl methyl sites for hydroxylation is 1. The van der Waals surface area contributed by atoms with Crippen LogP contribution in [0.15, 0.2) is 27.9 Å². The Morgan fingerprint density at radius 3 is 2.88 bits per heavy atom. The van der Waals surface area contributed by atoms with E-state index >= 15 is 0 Å². The lowest BCUT2D eigenvalue weighted by atomic mass is 10.4. The molecule has 2 aromatic rings. The predicted octanol–water partition coefficient (Wildman–Crippen LogP) is 0.337. The van der Waals surface area contributed by atoms with Crippen LogP contribution in [0.3, 0.4) is 0 Å². The summed E-state index contributed by atoms with van der Waals surface area (Å²) in [6.45, 7) is 1.83. The Hall–Kier alpha value is -1.95. The Morgan fingerprint density at radius 2 is 2.24 bits per heavy atom. The molecule has 0 aromatic carbocycles. The maximum absolute atomic E-state index is 11.6. The smallest absolute Gasteiger partial charge is 0.298 e. The van der Waals surface area contributed by atoms with Crippen LogP contribution in [0.1, 0.15) is 11.5 Å². The first kappa shape index (κ1) is 11.5. The van der Waals surface area contributed by atoms with Gasteiger partial charge in [0.25, 0.3) is 5.56 Å². The van der Waals surface area contributed by atoms with Gasteiger partial charge in [0.15, 0.2) is 0 Å². The minimum atomic E-state index is -0.557. The minimum Gasteiger partial charge on any atom is -0.298 e. The summed E-state index contributed by atoms with van der Waals surface area (Å²) < 4.78 is 1.02. The summed E-state index contributed by atoms with van der Waals surface area (Å²) in [6.07, 6.45) is 1.58. The van der Waals surface area contributed by atoms with Crippen molar-refractivity contribution < 1.29 is 0 Å². The largest absolute Gasteiger partial charge is 0.329 e. The second-order valence-corrected chi connectivity index (χ2v) is 3.85. The maximum Gasteiger partial charge on any atom is 0.329 e. The van der Waals surface area contributed by atoms with E-state index in [-0.39, 0.29) is 11.7 Å². The van der Waals surface area contributed by atoms with Crippen molar-refractivity contribution >= 4 is 11.6 Å². The lowest BCUT2D eigenvalue weighted by Gasteiger charge is -2.04. The Balaban J connectivity index is 2.44. The van der Waals surface area contributed by atoms with Gasteiger partial charge in [-0.25, -0.2) is 14.8 Å². The van der Waals surface area contributed by atoms with E-state index in [0.717, 1.165) is 10.6 Å². The molecule has 1 N–H and O–H groups in total. The fraction of sp³-hybridized carbons (Fsp3) is 0.200. The van der Waals surface area contributed by atoms with Crippen molar-refractivity contribution in [1.29, 1.82) is 0 Å². The minimum absolute atomic E-state index is 0.0233. The van der Waals surface area contributed by atoms with Crippen molar-refractivity contribution in [1.82, 2.24) is 19.5 Å². The Labute approximate surface area is 101 Å². The number of nitrogens with zero attached hydrogens (tertiary/aromatic N) is 3. The molecule has 0 atom stereocenters. The number of hydrogen-bond acceptors (Lipinski definition) is 4. The first-order chi connectivity index (χ1) is 8.06. The van der Waals surface area contributed by atoms with Crippen molar-refractivity contribution in [3.63, 3.8) is 0 Å². The molecule has 0 unspecified atom stereocenters. The van der Waals surface area contributed by atoms with Crippen LogP contribution in [0.2, 0.25) is 5.15 Å². The molecule has 0 saturated heterocycles. The lowest BCUT2D eigenvalue weighted by Crippen LogP contribution is -2.35. The molecule has 88 valence electrons. The van der Waals surface area contributed by atoms with Crippen molar-refractivity contribution in [3.8, 4) is 0 Å². The topological polar surface area (TPSA) is 80.6 Å². The third-order valence-electron chi connectivity index (χ3n) is 2.14. The second-order valence-electron chi connectivity index (χ2n) is 3.44. The van der Waals surface area contributed by atoms with Gasteiger partial charge in [0, 0.05) is 12.3 Å². The quantitative estimate of drug-likeness (QED) is 0.782. The van der Waals surface area contributed by atoms with Crippen LogP contribution >= 0.6 is 11.6 Å². The summed E-state index contributed by atoms with van der Waals surface area (Å²) in [5, 5.41) is 0.0233. The molecular formula is C10H9ClN4O2. The standard InChI is InChI=1S/C10H9ClN4O2/c1-6-12-3-2-7(13-6)5-15-9(16)4-8(11)14-10(15)17/h2-4H,5H2,1H3,(H,14,17). The van der Waals surface area contributed by atoms with Crippen molar-refractivity contribution in [3.05, 3.63) is 55.8 Å². The monoisotopic (exact) mass is 252 g/mol. The van der Waals surface area contributed by atoms with E-state index in [9.17, 15) is 9.59 Å². The van der Waals surface area contributed by atoms with Gasteiger partial charge in [0.1, 0.15) is 11.0 Å². The van der Waals surface area contributed by atoms with E-state index in [0.29, 0.717) is 11.5 Å². The summed E-state index contributed by atoms with van der Waals surface area (Å²) >= 11 is 5.56. The molecule has 0 saturated carbocycles. The molecule has 0 aliphatic rings. The van der Waals surface area contributed by atoms with Crippen LogP contribution < -0.4 is 11.2 Å². The Bertz CT molecular complexity index is 631. The van der Waals surface area contributed by atoms with E-state index in [2.05, 4.69) is 15.0 Å². The highest BCUT2D eigenvalue weighted by Crippen LogP contribution is 1.97. The molecule has 0 spiro atoms. The van der Waals surface area contributed by atoms with Crippen LogP contribution in [-0.2, 0) is 6.54 Å². The summed E-state index contributed by atoms with van der Waals surface area (Å²) in [7, 11) is 0. The van der Waals surface area contributed by atoms with Gasteiger partial charge in [0.05, 0.1) is 12.2 Å². The predicted molar refractivity (Wildman–Crippen MR) is 62.2 cm³/mol. The maximum atomic E-state index is 11.6. The molecule has 6 nitrogen and oxygen atoms in total. The van der Waals surface area contributed by atoms with Gasteiger partial charge in [-0.2, -0.15) is 0 Å². The summed E-state index contributed by atoms with van der Waals surface area (Å²) in [5.41, 5.74) is -0.429. The normalized spacial score (nSPS) is 10.5. The average Bonchev–Trinajstić information content (AvgIpc) is 2.23. The van der Waals surface area contributed by atoms with Crippen LogP contribution in [0.25, 0.3) is 0 Å². The highest BCUT2D eigenvalue weighted by atomic mass is 35.5. The first-order valence-electron chi connectivity index (χ1n) is 4.84. The molecule has 2 rings (SSSR count). The van der Waals surface area contributed by atoms with Gasteiger partial charge >= 0.3 is 5.69 Å². The zero-order valence-corrected chi connectivity index (χ0v) is 9.73. The molecule has 2 aromatic heterocycles. The number of rotatable bonds is 2. The van der Waals surface area contributed by atoms with Gasteiger partial charge in [-0.15, -0.1) is 0 Å². The van der Waals surface area contributed by atoms with Crippen molar-refractivity contribution in [2.45, 2.75) is 13.5 Å². The molecule has 0 fully saturated rings. The van der Waals surface area contributed by atoms with Crippen LogP contribution in [0, 0.1) is 6.92 Å². The van der Waals surface area contributed by atoms with E-state index < -0.39 is 11.2 Å². The Morgan fingerprint density at radius 1 is 1.47 bits per heavy atom. The third-order valence-corrected chi connectivity index (χ3v) is 2.35. The number of H-pyrrole nitrogens is 1. The summed E-state index contributed by atoms with van der Waals surface area (Å²) in [5.74, 6) is 0.584. The van der Waals surface area contributed by atoms with Crippen molar-refractivity contribution in [2.24, 2.45) is 0 Å². The van der Waals surface area contributed by atoms with E-state index in [4.69, 9.17) is 11.6 Å². The first-order valence-corrected chi connectivity index (χ1v) is 5.22. The van der Waals surface area contributed by atoms with E-state index in [1.54, 1.807) is 19.2 Å². The van der Waals surface area contributed by atoms with E-state index in [1.807, 2.05) is 0 Å². The van der Waals surface area contributed by atoms with Crippen LogP contribution in [0.4, 0.5) is 0 Å². The molecule has 0 bridgehead atoms. The van der Waals surface area contributed by atoms with E-state index in [1.165, 1.54) is 0 Å². The zero-order chi connectivity index (χ0) is 12.4. The molecule has 17 heavy (non-hydrogen) atoms.